The fraction of sp³-hybridized carbons (Fsp3) is 0.455. The molecule has 2 aromatic heterocycles. The van der Waals surface area contributed by atoms with Gasteiger partial charge in [-0.25, -0.2) is 14.4 Å². The Balaban J connectivity index is 1.38. The van der Waals surface area contributed by atoms with Crippen molar-refractivity contribution < 1.29 is 14.0 Å². The number of halogens is 1. The third-order valence-corrected chi connectivity index (χ3v) is 5.78. The molecule has 1 saturated heterocycles. The smallest absolute Gasteiger partial charge is 0.272 e. The van der Waals surface area contributed by atoms with E-state index in [1.165, 1.54) is 13.1 Å². The lowest BCUT2D eigenvalue weighted by Crippen LogP contribution is -2.46. The van der Waals surface area contributed by atoms with Gasteiger partial charge in [0.05, 0.1) is 11.9 Å². The molecule has 2 N–H and O–H groups in total. The lowest BCUT2D eigenvalue weighted by atomic mass is 10.2. The van der Waals surface area contributed by atoms with Gasteiger partial charge in [-0.3, -0.25) is 14.5 Å². The molecule has 2 fully saturated rings. The van der Waals surface area contributed by atoms with Crippen molar-refractivity contribution in [2.24, 2.45) is 0 Å². The Bertz CT molecular complexity index is 984. The molecule has 164 valence electrons. The number of nitrogens with zero attached hydrogens (tertiary/aromatic N) is 4. The largest absolute Gasteiger partial charge is 0.364 e. The van der Waals surface area contributed by atoms with E-state index in [1.54, 1.807) is 12.4 Å². The van der Waals surface area contributed by atoms with Crippen LogP contribution < -0.4 is 15.5 Å². The fourth-order valence-corrected chi connectivity index (χ4v) is 4.16. The molecule has 0 radical (unpaired) electrons. The molecule has 2 unspecified atom stereocenters. The van der Waals surface area contributed by atoms with Crippen LogP contribution in [0, 0.1) is 5.82 Å². The van der Waals surface area contributed by atoms with Gasteiger partial charge in [-0.05, 0) is 30.5 Å². The zero-order chi connectivity index (χ0) is 22.0. The first-order chi connectivity index (χ1) is 15.0. The molecule has 2 aliphatic rings. The summed E-state index contributed by atoms with van der Waals surface area (Å²) in [7, 11) is 1.45. The van der Waals surface area contributed by atoms with E-state index in [4.69, 9.17) is 0 Å². The lowest BCUT2D eigenvalue weighted by molar-refractivity contribution is -0.116. The van der Waals surface area contributed by atoms with Crippen LogP contribution in [0.4, 0.5) is 15.9 Å². The Kier molecular flexibility index (Phi) is 6.13. The van der Waals surface area contributed by atoms with Crippen LogP contribution in [0.5, 0.6) is 0 Å². The Morgan fingerprint density at radius 1 is 1.23 bits per heavy atom. The van der Waals surface area contributed by atoms with Gasteiger partial charge >= 0.3 is 0 Å². The molecule has 1 aliphatic carbocycles. The molecule has 8 nitrogen and oxygen atoms in total. The number of hydrogen-bond donors (Lipinski definition) is 2. The van der Waals surface area contributed by atoms with E-state index >= 15 is 0 Å². The number of pyridine rings is 2. The van der Waals surface area contributed by atoms with Crippen molar-refractivity contribution in [3.8, 4) is 0 Å². The van der Waals surface area contributed by atoms with Gasteiger partial charge in [0.25, 0.3) is 5.91 Å². The highest BCUT2D eigenvalue weighted by Crippen LogP contribution is 2.40. The number of rotatable bonds is 7. The molecule has 2 amide bonds. The van der Waals surface area contributed by atoms with Crippen molar-refractivity contribution in [2.45, 2.75) is 44.8 Å². The maximum absolute atomic E-state index is 14.3. The van der Waals surface area contributed by atoms with Gasteiger partial charge in [0.1, 0.15) is 5.82 Å². The summed E-state index contributed by atoms with van der Waals surface area (Å²) in [6.07, 6.45) is 5.58. The quantitative estimate of drug-likeness (QED) is 0.705. The Labute approximate surface area is 180 Å². The molecule has 2 atom stereocenters. The molecular formula is C22H27FN6O2. The number of carbonyl (C=O) groups excluding carboxylic acids is 2. The second kappa shape index (κ2) is 8.97. The van der Waals surface area contributed by atoms with Gasteiger partial charge < -0.3 is 15.5 Å². The minimum absolute atomic E-state index is 0.0219. The van der Waals surface area contributed by atoms with Gasteiger partial charge in [0.2, 0.25) is 5.91 Å². The van der Waals surface area contributed by atoms with Gasteiger partial charge in [-0.1, -0.05) is 6.92 Å². The summed E-state index contributed by atoms with van der Waals surface area (Å²) in [5, 5.41) is 5.24. The number of hydrogen-bond acceptors (Lipinski definition) is 6. The van der Waals surface area contributed by atoms with E-state index < -0.39 is 11.7 Å². The average molecular weight is 426 g/mol. The van der Waals surface area contributed by atoms with Crippen molar-refractivity contribution in [1.82, 2.24) is 20.2 Å². The molecule has 9 heteroatoms. The third-order valence-electron chi connectivity index (χ3n) is 5.78. The van der Waals surface area contributed by atoms with Gasteiger partial charge in [0.15, 0.2) is 11.5 Å². The van der Waals surface area contributed by atoms with Crippen LogP contribution in [0.1, 0.15) is 42.2 Å². The number of anilines is 2. The highest BCUT2D eigenvalue weighted by atomic mass is 19.1. The summed E-state index contributed by atoms with van der Waals surface area (Å²) < 4.78 is 14.3. The monoisotopic (exact) mass is 426 g/mol. The summed E-state index contributed by atoms with van der Waals surface area (Å²) in [6.45, 7) is 4.33. The van der Waals surface area contributed by atoms with E-state index in [2.05, 4.69) is 30.4 Å². The van der Waals surface area contributed by atoms with Crippen molar-refractivity contribution in [1.29, 1.82) is 0 Å². The molecule has 0 bridgehead atoms. The van der Waals surface area contributed by atoms with Crippen molar-refractivity contribution in [3.05, 3.63) is 47.7 Å². The van der Waals surface area contributed by atoms with Gasteiger partial charge in [-0.2, -0.15) is 0 Å². The molecule has 4 rings (SSSR count). The maximum Gasteiger partial charge on any atom is 0.272 e. The molecule has 0 spiro atoms. The number of piperazine rings is 1. The number of fused-ring (bicyclic) bond motifs is 1. The zero-order valence-corrected chi connectivity index (χ0v) is 17.8. The molecule has 1 saturated carbocycles. The molecule has 2 aromatic rings. The van der Waals surface area contributed by atoms with Crippen LogP contribution in [0.15, 0.2) is 30.6 Å². The fourth-order valence-electron chi connectivity index (χ4n) is 4.16. The number of aromatic nitrogens is 2. The molecule has 1 aliphatic heterocycles. The summed E-state index contributed by atoms with van der Waals surface area (Å²) >= 11 is 0. The third kappa shape index (κ3) is 4.66. The summed E-state index contributed by atoms with van der Waals surface area (Å²) in [5.41, 5.74) is 1.63. The van der Waals surface area contributed by atoms with Crippen molar-refractivity contribution >= 4 is 23.3 Å². The molecule has 3 heterocycles. The first-order valence-corrected chi connectivity index (χ1v) is 10.6. The second-order valence-electron chi connectivity index (χ2n) is 7.98. The first kappa shape index (κ1) is 21.2. The normalized spacial score (nSPS) is 20.2. The predicted molar refractivity (Wildman–Crippen MR) is 115 cm³/mol. The molecule has 31 heavy (non-hydrogen) atoms. The predicted octanol–water partition coefficient (Wildman–Crippen LogP) is 2.18. The van der Waals surface area contributed by atoms with Crippen LogP contribution in [0.3, 0.4) is 0 Å². The van der Waals surface area contributed by atoms with E-state index in [9.17, 15) is 14.0 Å². The van der Waals surface area contributed by atoms with E-state index in [1.807, 2.05) is 19.1 Å². The summed E-state index contributed by atoms with van der Waals surface area (Å²) in [4.78, 5) is 36.3. The lowest BCUT2D eigenvalue weighted by Gasteiger charge is -2.35. The van der Waals surface area contributed by atoms with Crippen LogP contribution in [-0.2, 0) is 11.3 Å². The number of carbonyl (C=O) groups is 2. The minimum Gasteiger partial charge on any atom is -0.364 e. The maximum atomic E-state index is 14.3. The average Bonchev–Trinajstić information content (AvgIpc) is 3.55. The zero-order valence-electron chi connectivity index (χ0n) is 17.8. The van der Waals surface area contributed by atoms with Crippen molar-refractivity contribution in [3.63, 3.8) is 0 Å². The van der Waals surface area contributed by atoms with Gasteiger partial charge in [0, 0.05) is 57.4 Å². The SMILES string of the molecule is CCCC(=O)Nc1cc(CN2CCN(c3cnc(C(=O)NC)c(F)c3)C3CC32)ccn1. The highest BCUT2D eigenvalue weighted by Gasteiger charge is 2.49. The number of nitrogens with one attached hydrogen (secondary N) is 2. The summed E-state index contributed by atoms with van der Waals surface area (Å²) in [5.74, 6) is -0.572. The molecular weight excluding hydrogens is 399 g/mol. The highest BCUT2D eigenvalue weighted by molar-refractivity contribution is 5.92. The Morgan fingerprint density at radius 2 is 2.06 bits per heavy atom. The van der Waals surface area contributed by atoms with Crippen LogP contribution in [-0.4, -0.2) is 58.9 Å². The molecule has 0 aromatic carbocycles. The Hall–Kier alpha value is -3.07. The minimum atomic E-state index is -0.606. The van der Waals surface area contributed by atoms with E-state index in [-0.39, 0.29) is 11.6 Å². The summed E-state index contributed by atoms with van der Waals surface area (Å²) in [6, 6.07) is 5.99. The van der Waals surface area contributed by atoms with Crippen LogP contribution >= 0.6 is 0 Å². The topological polar surface area (TPSA) is 90.5 Å². The number of amides is 2. The standard InChI is InChI=1S/C22H27FN6O2/c1-3-4-20(30)27-19-9-14(5-6-25-19)13-28-7-8-29(18-11-17(18)28)15-10-16(23)21(26-12-15)22(31)24-2/h5-6,9-10,12,17-18H,3-4,7-8,11,13H2,1-2H3,(H,24,31)(H,25,27,30). The van der Waals surface area contributed by atoms with Crippen LogP contribution in [0.2, 0.25) is 0 Å². The van der Waals surface area contributed by atoms with E-state index in [0.717, 1.165) is 38.0 Å². The van der Waals surface area contributed by atoms with Crippen LogP contribution in [0.25, 0.3) is 0 Å². The Morgan fingerprint density at radius 3 is 2.81 bits per heavy atom. The first-order valence-electron chi connectivity index (χ1n) is 10.6. The van der Waals surface area contributed by atoms with E-state index in [0.29, 0.717) is 30.0 Å². The second-order valence-corrected chi connectivity index (χ2v) is 7.98. The van der Waals surface area contributed by atoms with Crippen molar-refractivity contribution in [2.75, 3.05) is 30.4 Å². The van der Waals surface area contributed by atoms with Gasteiger partial charge in [-0.15, -0.1) is 0 Å².